The Labute approximate surface area is 133 Å². The summed E-state index contributed by atoms with van der Waals surface area (Å²) in [5.41, 5.74) is 8.42. The molecule has 2 heterocycles. The van der Waals surface area contributed by atoms with Gasteiger partial charge in [-0.2, -0.15) is 0 Å². The molecule has 2 aromatic rings. The number of rotatable bonds is 3. The van der Waals surface area contributed by atoms with Gasteiger partial charge in [0.2, 0.25) is 0 Å². The van der Waals surface area contributed by atoms with E-state index in [1.165, 1.54) is 21.8 Å². The maximum atomic E-state index is 12.3. The summed E-state index contributed by atoms with van der Waals surface area (Å²) < 4.78 is 5.44. The number of nitrogen functional groups attached to an aromatic ring is 1. The predicted octanol–water partition coefficient (Wildman–Crippen LogP) is 4.88. The highest BCUT2D eigenvalue weighted by Gasteiger charge is 2.25. The van der Waals surface area contributed by atoms with Crippen molar-refractivity contribution in [1.29, 1.82) is 0 Å². The standard InChI is InChI=1S/C16H21NO2S2/c1-6-10-7-8-20-13(10)12-9(2)11(17)14(21-12)15(18)19-16(3,4)5/h7-8H,6,17H2,1-5H3. The normalized spacial score (nSPS) is 11.7. The molecule has 0 saturated heterocycles. The minimum absolute atomic E-state index is 0.339. The van der Waals surface area contributed by atoms with Crippen LogP contribution in [0.1, 0.15) is 48.5 Å². The number of carbonyl (C=O) groups excluding carboxylic acids is 1. The van der Waals surface area contributed by atoms with Gasteiger partial charge >= 0.3 is 5.97 Å². The molecule has 0 aliphatic carbocycles. The van der Waals surface area contributed by atoms with Crippen molar-refractivity contribution in [3.8, 4) is 9.75 Å². The molecule has 2 rings (SSSR count). The van der Waals surface area contributed by atoms with Crippen molar-refractivity contribution in [2.24, 2.45) is 0 Å². The van der Waals surface area contributed by atoms with Crippen molar-refractivity contribution >= 4 is 34.3 Å². The average Bonchev–Trinajstić information content (AvgIpc) is 2.94. The van der Waals surface area contributed by atoms with Crippen LogP contribution >= 0.6 is 22.7 Å². The molecule has 0 amide bonds. The largest absolute Gasteiger partial charge is 0.456 e. The van der Waals surface area contributed by atoms with Gasteiger partial charge in [-0.05, 0) is 56.7 Å². The number of nitrogens with two attached hydrogens (primary N) is 1. The molecule has 0 aromatic carbocycles. The number of anilines is 1. The predicted molar refractivity (Wildman–Crippen MR) is 91.3 cm³/mol. The van der Waals surface area contributed by atoms with Crippen molar-refractivity contribution in [3.63, 3.8) is 0 Å². The second-order valence-corrected chi connectivity index (χ2v) is 7.87. The molecule has 0 radical (unpaired) electrons. The van der Waals surface area contributed by atoms with E-state index >= 15 is 0 Å². The molecule has 0 aliphatic rings. The molecule has 0 saturated carbocycles. The van der Waals surface area contributed by atoms with Gasteiger partial charge < -0.3 is 10.5 Å². The van der Waals surface area contributed by atoms with E-state index in [0.717, 1.165) is 16.9 Å². The number of carbonyl (C=O) groups is 1. The van der Waals surface area contributed by atoms with Gasteiger partial charge in [-0.15, -0.1) is 22.7 Å². The van der Waals surface area contributed by atoms with E-state index in [0.29, 0.717) is 10.6 Å². The van der Waals surface area contributed by atoms with Gasteiger partial charge in [0.15, 0.2) is 0 Å². The van der Waals surface area contributed by atoms with Crippen LogP contribution in [-0.4, -0.2) is 11.6 Å². The van der Waals surface area contributed by atoms with E-state index in [1.807, 2.05) is 27.7 Å². The topological polar surface area (TPSA) is 52.3 Å². The number of ether oxygens (including phenoxy) is 1. The summed E-state index contributed by atoms with van der Waals surface area (Å²) in [6, 6.07) is 2.13. The second kappa shape index (κ2) is 5.81. The highest BCUT2D eigenvalue weighted by Crippen LogP contribution is 2.42. The Balaban J connectivity index is 2.44. The first-order valence-corrected chi connectivity index (χ1v) is 8.63. The molecule has 114 valence electrons. The smallest absolute Gasteiger partial charge is 0.351 e. The summed E-state index contributed by atoms with van der Waals surface area (Å²) >= 11 is 3.12. The van der Waals surface area contributed by atoms with Crippen molar-refractivity contribution in [2.45, 2.75) is 46.6 Å². The summed E-state index contributed by atoms with van der Waals surface area (Å²) in [4.78, 5) is 15.1. The first kappa shape index (κ1) is 16.0. The lowest BCUT2D eigenvalue weighted by Crippen LogP contribution is -2.23. The van der Waals surface area contributed by atoms with Gasteiger partial charge in [-0.1, -0.05) is 6.92 Å². The summed E-state index contributed by atoms with van der Waals surface area (Å²) in [7, 11) is 0. The molecule has 0 aliphatic heterocycles. The summed E-state index contributed by atoms with van der Waals surface area (Å²) in [6.07, 6.45) is 0.970. The van der Waals surface area contributed by atoms with E-state index in [-0.39, 0.29) is 5.97 Å². The van der Waals surface area contributed by atoms with Gasteiger partial charge in [-0.3, -0.25) is 0 Å². The van der Waals surface area contributed by atoms with Crippen molar-refractivity contribution in [1.82, 2.24) is 0 Å². The molecule has 0 unspecified atom stereocenters. The lowest BCUT2D eigenvalue weighted by molar-refractivity contribution is 0.00763. The lowest BCUT2D eigenvalue weighted by atomic mass is 10.1. The third-order valence-electron chi connectivity index (χ3n) is 3.11. The minimum atomic E-state index is -0.515. The highest BCUT2D eigenvalue weighted by molar-refractivity contribution is 7.23. The highest BCUT2D eigenvalue weighted by atomic mass is 32.1. The molecule has 0 atom stereocenters. The van der Waals surface area contributed by atoms with E-state index in [1.54, 1.807) is 11.3 Å². The number of hydrogen-bond donors (Lipinski definition) is 1. The van der Waals surface area contributed by atoms with E-state index in [4.69, 9.17) is 10.5 Å². The third-order valence-corrected chi connectivity index (χ3v) is 5.52. The van der Waals surface area contributed by atoms with Crippen LogP contribution in [0.25, 0.3) is 9.75 Å². The van der Waals surface area contributed by atoms with Crippen molar-refractivity contribution in [3.05, 3.63) is 27.5 Å². The Hall–Kier alpha value is -1.33. The third kappa shape index (κ3) is 3.30. The number of esters is 1. The van der Waals surface area contributed by atoms with Gasteiger partial charge in [0.1, 0.15) is 10.5 Å². The Morgan fingerprint density at radius 3 is 2.57 bits per heavy atom. The monoisotopic (exact) mass is 323 g/mol. The fraction of sp³-hybridized carbons (Fsp3) is 0.438. The zero-order chi connectivity index (χ0) is 15.8. The summed E-state index contributed by atoms with van der Waals surface area (Å²) in [5, 5.41) is 2.08. The Kier molecular flexibility index (Phi) is 4.44. The molecule has 5 heteroatoms. The molecule has 3 nitrogen and oxygen atoms in total. The number of aryl methyl sites for hydroxylation is 1. The SMILES string of the molecule is CCc1ccsc1-c1sc(C(=O)OC(C)(C)C)c(N)c1C. The van der Waals surface area contributed by atoms with Crippen LogP contribution in [0.3, 0.4) is 0 Å². The quantitative estimate of drug-likeness (QED) is 0.819. The molecular formula is C16H21NO2S2. The first-order valence-electron chi connectivity index (χ1n) is 6.93. The fourth-order valence-electron chi connectivity index (χ4n) is 2.03. The van der Waals surface area contributed by atoms with E-state index in [9.17, 15) is 4.79 Å². The molecule has 0 fully saturated rings. The molecular weight excluding hydrogens is 302 g/mol. The average molecular weight is 323 g/mol. The van der Waals surface area contributed by atoms with Crippen LogP contribution in [0.4, 0.5) is 5.69 Å². The Bertz CT molecular complexity index is 662. The molecule has 21 heavy (non-hydrogen) atoms. The lowest BCUT2D eigenvalue weighted by Gasteiger charge is -2.19. The van der Waals surface area contributed by atoms with Gasteiger partial charge in [-0.25, -0.2) is 4.79 Å². The summed E-state index contributed by atoms with van der Waals surface area (Å²) in [5.74, 6) is -0.339. The molecule has 2 aromatic heterocycles. The molecule has 2 N–H and O–H groups in total. The van der Waals surface area contributed by atoms with Gasteiger partial charge in [0, 0.05) is 4.88 Å². The fourth-order valence-corrected chi connectivity index (χ4v) is 4.37. The van der Waals surface area contributed by atoms with Crippen LogP contribution in [0.15, 0.2) is 11.4 Å². The first-order chi connectivity index (χ1) is 9.74. The number of hydrogen-bond acceptors (Lipinski definition) is 5. The van der Waals surface area contributed by atoms with E-state index < -0.39 is 5.60 Å². The van der Waals surface area contributed by atoms with Crippen LogP contribution in [-0.2, 0) is 11.2 Å². The van der Waals surface area contributed by atoms with Crippen molar-refractivity contribution in [2.75, 3.05) is 5.73 Å². The minimum Gasteiger partial charge on any atom is -0.456 e. The Morgan fingerprint density at radius 1 is 1.33 bits per heavy atom. The van der Waals surface area contributed by atoms with Crippen LogP contribution in [0.2, 0.25) is 0 Å². The zero-order valence-electron chi connectivity index (χ0n) is 13.1. The van der Waals surface area contributed by atoms with Crippen LogP contribution in [0.5, 0.6) is 0 Å². The maximum Gasteiger partial charge on any atom is 0.351 e. The van der Waals surface area contributed by atoms with Crippen molar-refractivity contribution < 1.29 is 9.53 Å². The van der Waals surface area contributed by atoms with Crippen LogP contribution < -0.4 is 5.73 Å². The van der Waals surface area contributed by atoms with Gasteiger partial charge in [0.05, 0.1) is 10.6 Å². The zero-order valence-corrected chi connectivity index (χ0v) is 14.7. The number of thiophene rings is 2. The Morgan fingerprint density at radius 2 is 2.00 bits per heavy atom. The maximum absolute atomic E-state index is 12.3. The van der Waals surface area contributed by atoms with E-state index in [2.05, 4.69) is 18.4 Å². The van der Waals surface area contributed by atoms with Crippen LogP contribution in [0, 0.1) is 6.92 Å². The molecule has 0 spiro atoms. The summed E-state index contributed by atoms with van der Waals surface area (Å²) in [6.45, 7) is 9.67. The van der Waals surface area contributed by atoms with Gasteiger partial charge in [0.25, 0.3) is 0 Å². The second-order valence-electron chi connectivity index (χ2n) is 5.93. The molecule has 0 bridgehead atoms.